The van der Waals surface area contributed by atoms with Crippen molar-refractivity contribution < 1.29 is 27.1 Å². The minimum absolute atomic E-state index is 0.00609. The summed E-state index contributed by atoms with van der Waals surface area (Å²) < 4.78 is 57.7. The first kappa shape index (κ1) is 19.3. The van der Waals surface area contributed by atoms with Crippen LogP contribution in [0.15, 0.2) is 30.3 Å². The number of carbonyl (C=O) groups is 1. The topological polar surface area (TPSA) is 58.2 Å². The highest BCUT2D eigenvalue weighted by Crippen LogP contribution is 2.28. The third-order valence-electron chi connectivity index (χ3n) is 4.45. The van der Waals surface area contributed by atoms with Crippen LogP contribution in [0, 0.1) is 5.82 Å². The van der Waals surface area contributed by atoms with E-state index in [0.29, 0.717) is 19.1 Å². The Kier molecular flexibility index (Phi) is 5.79. The summed E-state index contributed by atoms with van der Waals surface area (Å²) in [7, 11) is 0. The van der Waals surface area contributed by atoms with E-state index < -0.39 is 23.6 Å². The van der Waals surface area contributed by atoms with Gasteiger partial charge in [0.1, 0.15) is 11.5 Å². The third-order valence-corrected chi connectivity index (χ3v) is 4.45. The minimum atomic E-state index is -4.65. The van der Waals surface area contributed by atoms with Crippen molar-refractivity contribution in [1.82, 2.24) is 15.1 Å². The van der Waals surface area contributed by atoms with Crippen molar-refractivity contribution in [2.45, 2.75) is 38.1 Å². The summed E-state index contributed by atoms with van der Waals surface area (Å²) in [5, 5.41) is 5.29. The standard InChI is InChI=1S/C18H19F4N3O2/c19-14-6-2-1-4-12(14)11-25(8-7-13-5-3-9-27-13)17(26)15-10-16(24-23-15)18(20,21)22/h1-2,4,6,10,13H,3,5,7-9,11H2,(H,23,24). The third kappa shape index (κ3) is 4.85. The molecule has 9 heteroatoms. The van der Waals surface area contributed by atoms with Crippen molar-refractivity contribution in [3.8, 4) is 0 Å². The molecule has 1 aliphatic heterocycles. The lowest BCUT2D eigenvalue weighted by Gasteiger charge is -2.24. The Balaban J connectivity index is 1.78. The molecule has 1 N–H and O–H groups in total. The number of H-pyrrole nitrogens is 1. The van der Waals surface area contributed by atoms with Crippen LogP contribution in [0.5, 0.6) is 0 Å². The first-order chi connectivity index (χ1) is 12.8. The van der Waals surface area contributed by atoms with Gasteiger partial charge in [0.25, 0.3) is 5.91 Å². The number of amides is 1. The Morgan fingerprint density at radius 3 is 2.74 bits per heavy atom. The molecule has 0 radical (unpaired) electrons. The Hall–Kier alpha value is -2.42. The Bertz CT molecular complexity index is 785. The van der Waals surface area contributed by atoms with Gasteiger partial charge in [0, 0.05) is 31.3 Å². The van der Waals surface area contributed by atoms with Crippen molar-refractivity contribution in [1.29, 1.82) is 0 Å². The molecule has 1 unspecified atom stereocenters. The fourth-order valence-electron chi connectivity index (χ4n) is 3.00. The summed E-state index contributed by atoms with van der Waals surface area (Å²) in [5.41, 5.74) is -1.17. The molecule has 1 amide bonds. The van der Waals surface area contributed by atoms with Crippen molar-refractivity contribution >= 4 is 5.91 Å². The van der Waals surface area contributed by atoms with Gasteiger partial charge in [-0.1, -0.05) is 18.2 Å². The number of benzene rings is 1. The smallest absolute Gasteiger partial charge is 0.378 e. The number of alkyl halides is 3. The molecule has 1 atom stereocenters. The van der Waals surface area contributed by atoms with Crippen LogP contribution in [0.4, 0.5) is 17.6 Å². The first-order valence-corrected chi connectivity index (χ1v) is 8.61. The SMILES string of the molecule is O=C(c1cc(C(F)(F)F)n[nH]1)N(CCC1CCCO1)Cc1ccccc1F. The predicted molar refractivity (Wildman–Crippen MR) is 88.3 cm³/mol. The van der Waals surface area contributed by atoms with Crippen molar-refractivity contribution in [2.24, 2.45) is 0 Å². The van der Waals surface area contributed by atoms with E-state index in [1.807, 2.05) is 0 Å². The van der Waals surface area contributed by atoms with E-state index in [0.717, 1.165) is 12.8 Å². The predicted octanol–water partition coefficient (Wildman–Crippen LogP) is 3.78. The second-order valence-corrected chi connectivity index (χ2v) is 6.41. The molecule has 27 heavy (non-hydrogen) atoms. The number of halogens is 4. The molecule has 5 nitrogen and oxygen atoms in total. The van der Waals surface area contributed by atoms with E-state index in [1.54, 1.807) is 6.07 Å². The lowest BCUT2D eigenvalue weighted by molar-refractivity contribution is -0.141. The van der Waals surface area contributed by atoms with E-state index in [-0.39, 0.29) is 30.5 Å². The van der Waals surface area contributed by atoms with E-state index >= 15 is 0 Å². The van der Waals surface area contributed by atoms with Gasteiger partial charge in [-0.15, -0.1) is 0 Å². The molecule has 1 fully saturated rings. The van der Waals surface area contributed by atoms with Gasteiger partial charge in [0.05, 0.1) is 6.10 Å². The quantitative estimate of drug-likeness (QED) is 0.770. The summed E-state index contributed by atoms with van der Waals surface area (Å²) in [6.07, 6.45) is -2.33. The lowest BCUT2D eigenvalue weighted by Crippen LogP contribution is -2.33. The highest BCUT2D eigenvalue weighted by atomic mass is 19.4. The summed E-state index contributed by atoms with van der Waals surface area (Å²) in [6.45, 7) is 0.832. The van der Waals surface area contributed by atoms with Crippen molar-refractivity contribution in [2.75, 3.05) is 13.2 Å². The zero-order chi connectivity index (χ0) is 19.4. The van der Waals surface area contributed by atoms with Gasteiger partial charge in [0.15, 0.2) is 5.69 Å². The molecular weight excluding hydrogens is 366 g/mol. The average molecular weight is 385 g/mol. The monoisotopic (exact) mass is 385 g/mol. The fourth-order valence-corrected chi connectivity index (χ4v) is 3.00. The van der Waals surface area contributed by atoms with Gasteiger partial charge in [-0.25, -0.2) is 4.39 Å². The maximum atomic E-state index is 14.0. The second-order valence-electron chi connectivity index (χ2n) is 6.41. The zero-order valence-corrected chi connectivity index (χ0v) is 14.4. The maximum Gasteiger partial charge on any atom is 0.435 e. The number of carbonyl (C=O) groups excluding carboxylic acids is 1. The van der Waals surface area contributed by atoms with E-state index in [9.17, 15) is 22.4 Å². The molecule has 0 aliphatic carbocycles. The van der Waals surface area contributed by atoms with Gasteiger partial charge in [-0.2, -0.15) is 18.3 Å². The number of aromatic amines is 1. The average Bonchev–Trinajstić information content (AvgIpc) is 3.30. The van der Waals surface area contributed by atoms with Gasteiger partial charge in [-0.3, -0.25) is 9.89 Å². The molecule has 2 aromatic rings. The largest absolute Gasteiger partial charge is 0.435 e. The molecule has 146 valence electrons. The molecule has 0 spiro atoms. The van der Waals surface area contributed by atoms with Gasteiger partial charge in [0.2, 0.25) is 0 Å². The summed E-state index contributed by atoms with van der Waals surface area (Å²) >= 11 is 0. The van der Waals surface area contributed by atoms with Crippen LogP contribution in [0.3, 0.4) is 0 Å². The Morgan fingerprint density at radius 1 is 1.33 bits per heavy atom. The zero-order valence-electron chi connectivity index (χ0n) is 14.4. The lowest BCUT2D eigenvalue weighted by atomic mass is 10.1. The number of hydrogen-bond acceptors (Lipinski definition) is 3. The number of nitrogens with zero attached hydrogens (tertiary/aromatic N) is 2. The minimum Gasteiger partial charge on any atom is -0.378 e. The van der Waals surface area contributed by atoms with Crippen LogP contribution < -0.4 is 0 Å². The number of aromatic nitrogens is 2. The van der Waals surface area contributed by atoms with Crippen molar-refractivity contribution in [3.63, 3.8) is 0 Å². The highest BCUT2D eigenvalue weighted by Gasteiger charge is 2.35. The van der Waals surface area contributed by atoms with Crippen LogP contribution in [0.2, 0.25) is 0 Å². The van der Waals surface area contributed by atoms with Crippen LogP contribution in [-0.2, 0) is 17.5 Å². The van der Waals surface area contributed by atoms with Crippen LogP contribution in [0.25, 0.3) is 0 Å². The van der Waals surface area contributed by atoms with E-state index in [4.69, 9.17) is 4.74 Å². The normalized spacial score (nSPS) is 17.3. The number of rotatable bonds is 6. The van der Waals surface area contributed by atoms with Crippen LogP contribution >= 0.6 is 0 Å². The first-order valence-electron chi connectivity index (χ1n) is 8.61. The molecule has 1 aromatic carbocycles. The fraction of sp³-hybridized carbons (Fsp3) is 0.444. The highest BCUT2D eigenvalue weighted by molar-refractivity contribution is 5.92. The second kappa shape index (κ2) is 8.08. The molecule has 0 bridgehead atoms. The summed E-state index contributed by atoms with van der Waals surface area (Å²) in [6, 6.07) is 6.65. The number of ether oxygens (including phenoxy) is 1. The maximum absolute atomic E-state index is 14.0. The van der Waals surface area contributed by atoms with Crippen LogP contribution in [0.1, 0.15) is 41.0 Å². The molecule has 2 heterocycles. The van der Waals surface area contributed by atoms with Gasteiger partial charge >= 0.3 is 6.18 Å². The molecule has 1 aromatic heterocycles. The Labute approximate surface area is 153 Å². The number of nitrogens with one attached hydrogen (secondary N) is 1. The summed E-state index contributed by atoms with van der Waals surface area (Å²) in [4.78, 5) is 14.0. The van der Waals surface area contributed by atoms with Gasteiger partial charge in [-0.05, 0) is 25.3 Å². The van der Waals surface area contributed by atoms with Gasteiger partial charge < -0.3 is 9.64 Å². The van der Waals surface area contributed by atoms with Crippen LogP contribution in [-0.4, -0.2) is 40.3 Å². The molecular formula is C18H19F4N3O2. The molecule has 1 aliphatic rings. The number of hydrogen-bond donors (Lipinski definition) is 1. The molecule has 3 rings (SSSR count). The van der Waals surface area contributed by atoms with E-state index in [2.05, 4.69) is 10.2 Å². The molecule has 0 saturated carbocycles. The molecule has 1 saturated heterocycles. The summed E-state index contributed by atoms with van der Waals surface area (Å²) in [5.74, 6) is -1.15. The Morgan fingerprint density at radius 2 is 2.11 bits per heavy atom. The van der Waals surface area contributed by atoms with E-state index in [1.165, 1.54) is 23.1 Å². The van der Waals surface area contributed by atoms with Crippen molar-refractivity contribution in [3.05, 3.63) is 53.1 Å².